The molecule has 2 nitrogen and oxygen atoms in total. The van der Waals surface area contributed by atoms with Gasteiger partial charge < -0.3 is 4.74 Å². The lowest BCUT2D eigenvalue weighted by molar-refractivity contribution is -0.134. The summed E-state index contributed by atoms with van der Waals surface area (Å²) in [5.41, 5.74) is 0. The number of carbonyl (C=O) groups excluding carboxylic acids is 1. The Balaban J connectivity index is 1.40. The van der Waals surface area contributed by atoms with Crippen LogP contribution in [0.15, 0.2) is 24.3 Å². The molecule has 0 saturated heterocycles. The van der Waals surface area contributed by atoms with Gasteiger partial charge in [0.25, 0.3) is 0 Å². The zero-order chi connectivity index (χ0) is 18.4. The Morgan fingerprint density at radius 3 is 2.42 bits per heavy atom. The average molecular weight is 361 g/mol. The Kier molecular flexibility index (Phi) is 7.10. The van der Waals surface area contributed by atoms with Crippen LogP contribution in [0.3, 0.4) is 0 Å². The zero-order valence-corrected chi connectivity index (χ0v) is 16.1. The lowest BCUT2D eigenvalue weighted by Crippen LogP contribution is -2.27. The van der Waals surface area contributed by atoms with Crippen LogP contribution >= 0.6 is 0 Å². The molecule has 2 atom stereocenters. The Labute approximate surface area is 157 Å². The van der Waals surface area contributed by atoms with E-state index in [9.17, 15) is 9.18 Å². The van der Waals surface area contributed by atoms with Crippen LogP contribution in [0.25, 0.3) is 0 Å². The van der Waals surface area contributed by atoms with Crippen LogP contribution in [0.5, 0.6) is 5.75 Å². The molecule has 1 aromatic rings. The molecule has 144 valence electrons. The van der Waals surface area contributed by atoms with E-state index in [-0.39, 0.29) is 11.8 Å². The number of rotatable bonds is 6. The standard InChI is InChI=1S/C23H33FO2/c1-2-17-6-9-19(10-7-17)20-5-3-4-18(16-20)8-15-23(25)26-22-13-11-21(24)12-14-22/h11-14,17-20H,2-10,15-16H2,1H3/t17-,18?,19-,20-/m0/s1. The highest BCUT2D eigenvalue weighted by Crippen LogP contribution is 2.43. The topological polar surface area (TPSA) is 26.3 Å². The van der Waals surface area contributed by atoms with Gasteiger partial charge in [-0.15, -0.1) is 0 Å². The molecule has 0 amide bonds. The van der Waals surface area contributed by atoms with Crippen molar-refractivity contribution in [1.82, 2.24) is 0 Å². The third-order valence-corrected chi connectivity index (χ3v) is 6.76. The van der Waals surface area contributed by atoms with Crippen molar-refractivity contribution in [3.8, 4) is 5.75 Å². The van der Waals surface area contributed by atoms with Gasteiger partial charge in [0.05, 0.1) is 0 Å². The van der Waals surface area contributed by atoms with Gasteiger partial charge in [0.1, 0.15) is 11.6 Å². The summed E-state index contributed by atoms with van der Waals surface area (Å²) in [6, 6.07) is 5.66. The van der Waals surface area contributed by atoms with Crippen LogP contribution in [0.2, 0.25) is 0 Å². The maximum atomic E-state index is 12.9. The summed E-state index contributed by atoms with van der Waals surface area (Å²) < 4.78 is 18.2. The molecule has 2 aliphatic rings. The van der Waals surface area contributed by atoms with E-state index in [1.165, 1.54) is 82.1 Å². The van der Waals surface area contributed by atoms with Gasteiger partial charge in [-0.3, -0.25) is 4.79 Å². The predicted octanol–water partition coefficient (Wildman–Crippen LogP) is 6.53. The number of hydrogen-bond donors (Lipinski definition) is 0. The maximum Gasteiger partial charge on any atom is 0.311 e. The third kappa shape index (κ3) is 5.56. The highest BCUT2D eigenvalue weighted by molar-refractivity contribution is 5.72. The minimum atomic E-state index is -0.314. The molecule has 0 radical (unpaired) electrons. The van der Waals surface area contributed by atoms with E-state index in [0.29, 0.717) is 18.1 Å². The first kappa shape index (κ1) is 19.4. The normalized spacial score (nSPS) is 29.3. The van der Waals surface area contributed by atoms with Crippen LogP contribution in [-0.4, -0.2) is 5.97 Å². The summed E-state index contributed by atoms with van der Waals surface area (Å²) >= 11 is 0. The molecular formula is C23H33FO2. The van der Waals surface area contributed by atoms with E-state index in [1.54, 1.807) is 0 Å². The van der Waals surface area contributed by atoms with E-state index in [0.717, 1.165) is 24.2 Å². The number of ether oxygens (including phenoxy) is 1. The molecule has 3 heteroatoms. The van der Waals surface area contributed by atoms with Crippen molar-refractivity contribution in [3.05, 3.63) is 30.1 Å². The van der Waals surface area contributed by atoms with Crippen molar-refractivity contribution in [2.45, 2.75) is 77.6 Å². The largest absolute Gasteiger partial charge is 0.427 e. The lowest BCUT2D eigenvalue weighted by atomic mass is 9.68. The third-order valence-electron chi connectivity index (χ3n) is 6.76. The summed E-state index contributed by atoms with van der Waals surface area (Å²) in [4.78, 5) is 12.1. The van der Waals surface area contributed by atoms with E-state index in [2.05, 4.69) is 6.92 Å². The SMILES string of the molecule is CC[C@H]1CC[C@H]([C@H]2CCCC(CCC(=O)Oc3ccc(F)cc3)C2)CC1. The van der Waals surface area contributed by atoms with Gasteiger partial charge in [-0.05, 0) is 73.6 Å². The highest BCUT2D eigenvalue weighted by Gasteiger charge is 2.31. The van der Waals surface area contributed by atoms with Crippen LogP contribution in [-0.2, 0) is 4.79 Å². The first-order chi connectivity index (χ1) is 12.6. The molecule has 26 heavy (non-hydrogen) atoms. The fourth-order valence-electron chi connectivity index (χ4n) is 5.10. The van der Waals surface area contributed by atoms with Crippen LogP contribution in [0.4, 0.5) is 4.39 Å². The zero-order valence-electron chi connectivity index (χ0n) is 16.1. The molecule has 0 aromatic heterocycles. The minimum Gasteiger partial charge on any atom is -0.427 e. The van der Waals surface area contributed by atoms with Gasteiger partial charge >= 0.3 is 5.97 Å². The fourth-order valence-corrected chi connectivity index (χ4v) is 5.10. The summed E-state index contributed by atoms with van der Waals surface area (Å²) in [5.74, 6) is 3.36. The van der Waals surface area contributed by atoms with Crippen molar-refractivity contribution >= 4 is 5.97 Å². The van der Waals surface area contributed by atoms with Crippen molar-refractivity contribution in [2.75, 3.05) is 0 Å². The molecular weight excluding hydrogens is 327 g/mol. The molecule has 0 bridgehead atoms. The molecule has 1 unspecified atom stereocenters. The molecule has 0 heterocycles. The van der Waals surface area contributed by atoms with Gasteiger partial charge in [0.2, 0.25) is 0 Å². The van der Waals surface area contributed by atoms with Crippen molar-refractivity contribution in [1.29, 1.82) is 0 Å². The Morgan fingerprint density at radius 2 is 1.73 bits per heavy atom. The monoisotopic (exact) mass is 360 g/mol. The van der Waals surface area contributed by atoms with Gasteiger partial charge in [0, 0.05) is 6.42 Å². The predicted molar refractivity (Wildman–Crippen MR) is 102 cm³/mol. The molecule has 3 rings (SSSR count). The van der Waals surface area contributed by atoms with Gasteiger partial charge in [-0.25, -0.2) is 4.39 Å². The highest BCUT2D eigenvalue weighted by atomic mass is 19.1. The van der Waals surface area contributed by atoms with Gasteiger partial charge in [-0.1, -0.05) is 45.4 Å². The number of benzene rings is 1. The van der Waals surface area contributed by atoms with Crippen molar-refractivity contribution in [3.63, 3.8) is 0 Å². The quantitative estimate of drug-likeness (QED) is 0.425. The Bertz CT molecular complexity index is 560. The second-order valence-electron chi connectivity index (χ2n) is 8.45. The second-order valence-corrected chi connectivity index (χ2v) is 8.45. The van der Waals surface area contributed by atoms with Gasteiger partial charge in [0.15, 0.2) is 0 Å². The van der Waals surface area contributed by atoms with Crippen LogP contribution < -0.4 is 4.74 Å². The lowest BCUT2D eigenvalue weighted by Gasteiger charge is -2.38. The summed E-state index contributed by atoms with van der Waals surface area (Å²) in [5, 5.41) is 0. The van der Waals surface area contributed by atoms with E-state index in [1.807, 2.05) is 0 Å². The number of hydrogen-bond acceptors (Lipinski definition) is 2. The number of halogens is 1. The van der Waals surface area contributed by atoms with Crippen molar-refractivity contribution < 1.29 is 13.9 Å². The Hall–Kier alpha value is -1.38. The molecule has 2 aliphatic carbocycles. The fraction of sp³-hybridized carbons (Fsp3) is 0.696. The molecule has 1 aromatic carbocycles. The Morgan fingerprint density at radius 1 is 1.00 bits per heavy atom. The summed E-state index contributed by atoms with van der Waals surface area (Å²) in [7, 11) is 0. The smallest absolute Gasteiger partial charge is 0.311 e. The molecule has 2 saturated carbocycles. The summed E-state index contributed by atoms with van der Waals surface area (Å²) in [6.07, 6.45) is 13.7. The van der Waals surface area contributed by atoms with Crippen LogP contribution in [0.1, 0.15) is 77.6 Å². The molecule has 0 aliphatic heterocycles. The van der Waals surface area contributed by atoms with E-state index in [4.69, 9.17) is 4.74 Å². The maximum absolute atomic E-state index is 12.9. The summed E-state index contributed by atoms with van der Waals surface area (Å²) in [6.45, 7) is 2.33. The van der Waals surface area contributed by atoms with Crippen molar-refractivity contribution in [2.24, 2.45) is 23.7 Å². The van der Waals surface area contributed by atoms with E-state index >= 15 is 0 Å². The molecule has 0 N–H and O–H groups in total. The van der Waals surface area contributed by atoms with Crippen LogP contribution in [0, 0.1) is 29.5 Å². The van der Waals surface area contributed by atoms with Gasteiger partial charge in [-0.2, -0.15) is 0 Å². The minimum absolute atomic E-state index is 0.192. The average Bonchev–Trinajstić information content (AvgIpc) is 2.68. The first-order valence-electron chi connectivity index (χ1n) is 10.6. The van der Waals surface area contributed by atoms with E-state index < -0.39 is 0 Å². The number of carbonyl (C=O) groups is 1. The second kappa shape index (κ2) is 9.53. The molecule has 2 fully saturated rings. The number of esters is 1. The molecule has 0 spiro atoms. The first-order valence-corrected chi connectivity index (χ1v) is 10.6.